The van der Waals surface area contributed by atoms with Crippen molar-refractivity contribution in [2.24, 2.45) is 5.73 Å². The van der Waals surface area contributed by atoms with Crippen LogP contribution in [0.5, 0.6) is 11.5 Å². The summed E-state index contributed by atoms with van der Waals surface area (Å²) in [5, 5.41) is 19.1. The molecule has 0 saturated carbocycles. The molecule has 2 aromatic rings. The van der Waals surface area contributed by atoms with Gasteiger partial charge in [-0.3, -0.25) is 0 Å². The molecule has 0 heterocycles. The Labute approximate surface area is 142 Å². The van der Waals surface area contributed by atoms with Crippen molar-refractivity contribution < 1.29 is 32.9 Å². The van der Waals surface area contributed by atoms with E-state index in [9.17, 15) is 23.1 Å². The van der Waals surface area contributed by atoms with E-state index in [4.69, 9.17) is 10.8 Å². The highest BCUT2D eigenvalue weighted by Crippen LogP contribution is 2.34. The van der Waals surface area contributed by atoms with Crippen LogP contribution >= 0.6 is 15.9 Å². The van der Waals surface area contributed by atoms with Crippen LogP contribution < -0.4 is 10.5 Å². The summed E-state index contributed by atoms with van der Waals surface area (Å²) in [6.45, 7) is 0. The molecule has 9 heteroatoms. The third-order valence-electron chi connectivity index (χ3n) is 3.14. The number of phenols is 1. The number of aromatic hydroxyl groups is 1. The Hall–Kier alpha value is -2.26. The number of carboxylic acid groups (broad SMARTS) is 1. The minimum atomic E-state index is -4.80. The fourth-order valence-corrected chi connectivity index (χ4v) is 2.55. The number of nitrogens with two attached hydrogens (primary N) is 1. The number of carboxylic acids is 1. The SMILES string of the molecule is N[C@H](c1ccc(OC(F)(F)F)cc1)c1cc(Br)cc(C(=O)O)c1O. The monoisotopic (exact) mass is 405 g/mol. The quantitative estimate of drug-likeness (QED) is 0.719. The molecule has 0 bridgehead atoms. The maximum Gasteiger partial charge on any atom is 0.573 e. The normalized spacial score (nSPS) is 12.7. The van der Waals surface area contributed by atoms with Crippen molar-refractivity contribution in [3.8, 4) is 11.5 Å². The van der Waals surface area contributed by atoms with Gasteiger partial charge in [0.05, 0.1) is 6.04 Å². The molecule has 24 heavy (non-hydrogen) atoms. The standard InChI is InChI=1S/C15H11BrF3NO4/c16-8-5-10(13(21)11(6-8)14(22)23)12(20)7-1-3-9(4-2-7)24-15(17,18)19/h1-6,12,21H,20H2,(H,22,23)/t12-/m1/s1. The lowest BCUT2D eigenvalue weighted by Crippen LogP contribution is -2.17. The van der Waals surface area contributed by atoms with Crippen LogP contribution in [0.4, 0.5) is 13.2 Å². The minimum absolute atomic E-state index is 0.117. The average Bonchev–Trinajstić information content (AvgIpc) is 2.47. The van der Waals surface area contributed by atoms with Crippen LogP contribution in [0.3, 0.4) is 0 Å². The Morgan fingerprint density at radius 1 is 1.21 bits per heavy atom. The van der Waals surface area contributed by atoms with Crippen LogP contribution in [0.2, 0.25) is 0 Å². The van der Waals surface area contributed by atoms with Gasteiger partial charge in [0.25, 0.3) is 0 Å². The number of hydrogen-bond acceptors (Lipinski definition) is 4. The second kappa shape index (κ2) is 6.70. The highest BCUT2D eigenvalue weighted by Gasteiger charge is 2.31. The summed E-state index contributed by atoms with van der Waals surface area (Å²) in [6, 6.07) is 6.46. The van der Waals surface area contributed by atoms with Gasteiger partial charge in [-0.25, -0.2) is 4.79 Å². The van der Waals surface area contributed by atoms with E-state index >= 15 is 0 Å². The molecule has 0 fully saturated rings. The number of alkyl halides is 3. The highest BCUT2D eigenvalue weighted by molar-refractivity contribution is 9.10. The molecule has 0 unspecified atom stereocenters. The van der Waals surface area contributed by atoms with Gasteiger partial charge in [0.1, 0.15) is 17.1 Å². The largest absolute Gasteiger partial charge is 0.573 e. The van der Waals surface area contributed by atoms with Gasteiger partial charge in [-0.1, -0.05) is 28.1 Å². The third-order valence-corrected chi connectivity index (χ3v) is 3.60. The lowest BCUT2D eigenvalue weighted by molar-refractivity contribution is -0.274. The molecule has 0 aliphatic heterocycles. The molecule has 0 aromatic heterocycles. The van der Waals surface area contributed by atoms with Crippen LogP contribution in [-0.2, 0) is 0 Å². The lowest BCUT2D eigenvalue weighted by Gasteiger charge is -2.17. The molecule has 0 saturated heterocycles. The number of benzene rings is 2. The van der Waals surface area contributed by atoms with Crippen LogP contribution in [0.15, 0.2) is 40.9 Å². The summed E-state index contributed by atoms with van der Waals surface area (Å²) < 4.78 is 40.6. The predicted molar refractivity (Wildman–Crippen MR) is 81.9 cm³/mol. The van der Waals surface area contributed by atoms with E-state index in [0.29, 0.717) is 10.0 Å². The molecule has 0 aliphatic rings. The van der Waals surface area contributed by atoms with Crippen molar-refractivity contribution in [1.82, 2.24) is 0 Å². The summed E-state index contributed by atoms with van der Waals surface area (Å²) in [5.74, 6) is -2.26. The molecule has 4 N–H and O–H groups in total. The Kier molecular flexibility index (Phi) is 5.05. The summed E-state index contributed by atoms with van der Waals surface area (Å²) in [6.07, 6.45) is -4.80. The van der Waals surface area contributed by atoms with Gasteiger partial charge in [-0.05, 0) is 29.8 Å². The molecule has 0 spiro atoms. The summed E-state index contributed by atoms with van der Waals surface area (Å²) in [5.41, 5.74) is 6.14. The maximum atomic E-state index is 12.1. The zero-order chi connectivity index (χ0) is 18.1. The van der Waals surface area contributed by atoms with E-state index in [-0.39, 0.29) is 11.1 Å². The van der Waals surface area contributed by atoms with Crippen molar-refractivity contribution in [3.63, 3.8) is 0 Å². The lowest BCUT2D eigenvalue weighted by atomic mass is 9.96. The molecular formula is C15H11BrF3NO4. The second-order valence-electron chi connectivity index (χ2n) is 4.79. The molecule has 2 rings (SSSR count). The van der Waals surface area contributed by atoms with Gasteiger partial charge < -0.3 is 20.7 Å². The van der Waals surface area contributed by atoms with E-state index in [1.807, 2.05) is 0 Å². The topological polar surface area (TPSA) is 92.8 Å². The number of hydrogen-bond donors (Lipinski definition) is 3. The van der Waals surface area contributed by atoms with Gasteiger partial charge in [0.2, 0.25) is 0 Å². The number of rotatable bonds is 4. The highest BCUT2D eigenvalue weighted by atomic mass is 79.9. The van der Waals surface area contributed by atoms with Crippen molar-refractivity contribution in [2.45, 2.75) is 12.4 Å². The van der Waals surface area contributed by atoms with Crippen LogP contribution in [-0.4, -0.2) is 22.5 Å². The zero-order valence-electron chi connectivity index (χ0n) is 11.8. The van der Waals surface area contributed by atoms with Crippen LogP contribution in [0, 0.1) is 0 Å². The van der Waals surface area contributed by atoms with E-state index in [1.165, 1.54) is 24.3 Å². The molecule has 0 radical (unpaired) electrons. The fraction of sp³-hybridized carbons (Fsp3) is 0.133. The van der Waals surface area contributed by atoms with Crippen LogP contribution in [0.25, 0.3) is 0 Å². The van der Waals surface area contributed by atoms with Gasteiger partial charge >= 0.3 is 12.3 Å². The van der Waals surface area contributed by atoms with Crippen molar-refractivity contribution in [1.29, 1.82) is 0 Å². The summed E-state index contributed by atoms with van der Waals surface area (Å²) in [4.78, 5) is 11.1. The van der Waals surface area contributed by atoms with E-state index in [1.54, 1.807) is 0 Å². The Balaban J connectivity index is 2.35. The van der Waals surface area contributed by atoms with E-state index in [2.05, 4.69) is 20.7 Å². The summed E-state index contributed by atoms with van der Waals surface area (Å²) in [7, 11) is 0. The molecule has 0 amide bonds. The van der Waals surface area contributed by atoms with Gasteiger partial charge in [-0.2, -0.15) is 0 Å². The average molecular weight is 406 g/mol. The fourth-order valence-electron chi connectivity index (χ4n) is 2.08. The van der Waals surface area contributed by atoms with Gasteiger partial charge in [0, 0.05) is 10.0 Å². The number of halogens is 4. The predicted octanol–water partition coefficient (Wildman–Crippen LogP) is 3.80. The second-order valence-corrected chi connectivity index (χ2v) is 5.71. The first-order chi connectivity index (χ1) is 11.1. The van der Waals surface area contributed by atoms with E-state index < -0.39 is 29.9 Å². The minimum Gasteiger partial charge on any atom is -0.507 e. The maximum absolute atomic E-state index is 12.1. The Morgan fingerprint density at radius 3 is 2.29 bits per heavy atom. The molecule has 5 nitrogen and oxygen atoms in total. The number of ether oxygens (including phenoxy) is 1. The van der Waals surface area contributed by atoms with Crippen LogP contribution in [0.1, 0.15) is 27.5 Å². The number of aromatic carboxylic acids is 1. The Bertz CT molecular complexity index is 763. The molecule has 0 aliphatic carbocycles. The van der Waals surface area contributed by atoms with Crippen molar-refractivity contribution in [2.75, 3.05) is 0 Å². The summed E-state index contributed by atoms with van der Waals surface area (Å²) >= 11 is 3.13. The zero-order valence-corrected chi connectivity index (χ0v) is 13.4. The first-order valence-corrected chi connectivity index (χ1v) is 7.25. The first kappa shape index (κ1) is 18.1. The van der Waals surface area contributed by atoms with Gasteiger partial charge in [0.15, 0.2) is 0 Å². The number of carbonyl (C=O) groups is 1. The Morgan fingerprint density at radius 2 is 1.79 bits per heavy atom. The molecular weight excluding hydrogens is 395 g/mol. The molecule has 1 atom stereocenters. The third kappa shape index (κ3) is 4.18. The first-order valence-electron chi connectivity index (χ1n) is 6.45. The molecule has 128 valence electrons. The molecule has 2 aromatic carbocycles. The van der Waals surface area contributed by atoms with Gasteiger partial charge in [-0.15, -0.1) is 13.2 Å². The van der Waals surface area contributed by atoms with E-state index in [0.717, 1.165) is 12.1 Å². The van der Waals surface area contributed by atoms with Crippen molar-refractivity contribution in [3.05, 3.63) is 57.6 Å². The smallest absolute Gasteiger partial charge is 0.507 e. The van der Waals surface area contributed by atoms with Crippen molar-refractivity contribution >= 4 is 21.9 Å².